The molecule has 0 atom stereocenters. The molecule has 2 aromatic carbocycles. The van der Waals surface area contributed by atoms with Crippen molar-refractivity contribution in [2.45, 2.75) is 23.5 Å². The van der Waals surface area contributed by atoms with E-state index in [0.29, 0.717) is 25.2 Å². The third-order valence-corrected chi connectivity index (χ3v) is 7.86. The van der Waals surface area contributed by atoms with Gasteiger partial charge in [-0.05, 0) is 48.7 Å². The van der Waals surface area contributed by atoms with Gasteiger partial charge in [-0.15, -0.1) is 0 Å². The summed E-state index contributed by atoms with van der Waals surface area (Å²) in [4.78, 5) is 12.5. The number of benzene rings is 2. The average molecular weight is 439 g/mol. The van der Waals surface area contributed by atoms with E-state index in [1.54, 1.807) is 23.9 Å². The quantitative estimate of drug-likeness (QED) is 0.637. The molecule has 0 bridgehead atoms. The molecule has 150 valence electrons. The van der Waals surface area contributed by atoms with Gasteiger partial charge >= 0.3 is 0 Å². The number of nitrogens with one attached hydrogen (secondary N) is 1. The zero-order valence-electron chi connectivity index (χ0n) is 15.4. The van der Waals surface area contributed by atoms with Gasteiger partial charge in [-0.25, -0.2) is 8.42 Å². The number of nitrogens with zero attached hydrogens (tertiary/aromatic N) is 1. The SMILES string of the molecule is O=C(NCCSCc1ccccc1Cl)c1ccc(S(=O)(=O)N2CCCC2)cc1. The van der Waals surface area contributed by atoms with Gasteiger partial charge in [0.15, 0.2) is 0 Å². The lowest BCUT2D eigenvalue weighted by Crippen LogP contribution is -2.28. The Morgan fingerprint density at radius 2 is 1.75 bits per heavy atom. The molecule has 0 aromatic heterocycles. The van der Waals surface area contributed by atoms with Crippen LogP contribution in [-0.2, 0) is 15.8 Å². The molecule has 0 radical (unpaired) electrons. The minimum Gasteiger partial charge on any atom is -0.351 e. The number of hydrogen-bond donors (Lipinski definition) is 1. The highest BCUT2D eigenvalue weighted by molar-refractivity contribution is 7.98. The van der Waals surface area contributed by atoms with Crippen molar-refractivity contribution in [3.63, 3.8) is 0 Å². The zero-order chi connectivity index (χ0) is 20.0. The fourth-order valence-electron chi connectivity index (χ4n) is 2.99. The van der Waals surface area contributed by atoms with E-state index < -0.39 is 10.0 Å². The molecule has 1 heterocycles. The Bertz CT molecular complexity index is 911. The van der Waals surface area contributed by atoms with Crippen molar-refractivity contribution in [1.82, 2.24) is 9.62 Å². The summed E-state index contributed by atoms with van der Waals surface area (Å²) in [6.07, 6.45) is 1.79. The molecule has 1 N–H and O–H groups in total. The van der Waals surface area contributed by atoms with E-state index in [-0.39, 0.29) is 10.8 Å². The molecule has 0 aliphatic carbocycles. The molecule has 2 aromatic rings. The van der Waals surface area contributed by atoms with E-state index >= 15 is 0 Å². The number of carbonyl (C=O) groups is 1. The Hall–Kier alpha value is -1.54. The van der Waals surface area contributed by atoms with Crippen molar-refractivity contribution in [3.8, 4) is 0 Å². The maximum atomic E-state index is 12.5. The molecule has 1 amide bonds. The zero-order valence-corrected chi connectivity index (χ0v) is 17.8. The van der Waals surface area contributed by atoms with Gasteiger partial charge in [-0.3, -0.25) is 4.79 Å². The standard InChI is InChI=1S/C20H23ClN2O3S2/c21-19-6-2-1-5-17(19)15-27-14-11-22-20(24)16-7-9-18(10-8-16)28(25,26)23-12-3-4-13-23/h1-2,5-10H,3-4,11-15H2,(H,22,24). The fraction of sp³-hybridized carbons (Fsp3) is 0.350. The summed E-state index contributed by atoms with van der Waals surface area (Å²) in [7, 11) is -3.45. The van der Waals surface area contributed by atoms with Crippen LogP contribution in [0.15, 0.2) is 53.4 Å². The number of rotatable bonds is 8. The van der Waals surface area contributed by atoms with Crippen molar-refractivity contribution in [2.75, 3.05) is 25.4 Å². The molecule has 0 unspecified atom stereocenters. The molecule has 1 fully saturated rings. The number of sulfonamides is 1. The largest absolute Gasteiger partial charge is 0.351 e. The first kappa shape index (κ1) is 21.2. The molecule has 3 rings (SSSR count). The summed E-state index contributed by atoms with van der Waals surface area (Å²) in [6.45, 7) is 1.66. The first-order chi connectivity index (χ1) is 13.5. The lowest BCUT2D eigenvalue weighted by atomic mass is 10.2. The molecule has 5 nitrogen and oxygen atoms in total. The summed E-state index contributed by atoms with van der Waals surface area (Å²) < 4.78 is 26.5. The lowest BCUT2D eigenvalue weighted by molar-refractivity contribution is 0.0956. The van der Waals surface area contributed by atoms with Crippen molar-refractivity contribution in [1.29, 1.82) is 0 Å². The maximum absolute atomic E-state index is 12.5. The molecular formula is C20H23ClN2O3S2. The van der Waals surface area contributed by atoms with E-state index in [4.69, 9.17) is 11.6 Å². The van der Waals surface area contributed by atoms with Crippen LogP contribution in [0, 0.1) is 0 Å². The van der Waals surface area contributed by atoms with Crippen LogP contribution in [0.5, 0.6) is 0 Å². The van der Waals surface area contributed by atoms with Crippen LogP contribution < -0.4 is 5.32 Å². The van der Waals surface area contributed by atoms with Crippen LogP contribution in [0.3, 0.4) is 0 Å². The summed E-state index contributed by atoms with van der Waals surface area (Å²) in [6, 6.07) is 13.9. The Balaban J connectivity index is 1.46. The second-order valence-electron chi connectivity index (χ2n) is 6.54. The molecule has 1 aliphatic rings. The van der Waals surface area contributed by atoms with Crippen LogP contribution in [-0.4, -0.2) is 44.0 Å². The molecule has 0 saturated carbocycles. The summed E-state index contributed by atoms with van der Waals surface area (Å²) in [5, 5.41) is 3.61. The molecule has 1 saturated heterocycles. The van der Waals surface area contributed by atoms with Gasteiger partial charge in [-0.1, -0.05) is 29.8 Å². The van der Waals surface area contributed by atoms with Gasteiger partial charge in [0.1, 0.15) is 0 Å². The van der Waals surface area contributed by atoms with Gasteiger partial charge in [0, 0.05) is 41.7 Å². The van der Waals surface area contributed by atoms with Crippen LogP contribution in [0.1, 0.15) is 28.8 Å². The van der Waals surface area contributed by atoms with Crippen LogP contribution in [0.4, 0.5) is 0 Å². The summed E-state index contributed by atoms with van der Waals surface area (Å²) in [5.74, 6) is 1.35. The Morgan fingerprint density at radius 1 is 1.07 bits per heavy atom. The van der Waals surface area contributed by atoms with Crippen molar-refractivity contribution in [2.24, 2.45) is 0 Å². The third-order valence-electron chi connectivity index (χ3n) is 4.57. The highest BCUT2D eigenvalue weighted by Gasteiger charge is 2.27. The van der Waals surface area contributed by atoms with E-state index in [9.17, 15) is 13.2 Å². The Kier molecular flexibility index (Phi) is 7.40. The Labute approximate surface area is 175 Å². The van der Waals surface area contributed by atoms with Gasteiger partial charge in [0.05, 0.1) is 4.90 Å². The van der Waals surface area contributed by atoms with Gasteiger partial charge in [-0.2, -0.15) is 16.1 Å². The number of hydrogen-bond acceptors (Lipinski definition) is 4. The Morgan fingerprint density at radius 3 is 2.43 bits per heavy atom. The topological polar surface area (TPSA) is 66.5 Å². The second kappa shape index (κ2) is 9.78. The van der Waals surface area contributed by atoms with Crippen molar-refractivity contribution in [3.05, 3.63) is 64.7 Å². The average Bonchev–Trinajstić information content (AvgIpc) is 3.25. The number of halogens is 1. The van der Waals surface area contributed by atoms with Crippen molar-refractivity contribution < 1.29 is 13.2 Å². The first-order valence-corrected chi connectivity index (χ1v) is 12.2. The minimum atomic E-state index is -3.45. The third kappa shape index (κ3) is 5.29. The van der Waals surface area contributed by atoms with Crippen LogP contribution in [0.25, 0.3) is 0 Å². The normalized spacial score (nSPS) is 14.9. The van der Waals surface area contributed by atoms with Gasteiger partial charge in [0.2, 0.25) is 10.0 Å². The van der Waals surface area contributed by atoms with E-state index in [1.807, 2.05) is 24.3 Å². The molecular weight excluding hydrogens is 416 g/mol. The summed E-state index contributed by atoms with van der Waals surface area (Å²) >= 11 is 7.82. The number of amides is 1. The first-order valence-electron chi connectivity index (χ1n) is 9.18. The van der Waals surface area contributed by atoms with Gasteiger partial charge < -0.3 is 5.32 Å². The smallest absolute Gasteiger partial charge is 0.251 e. The maximum Gasteiger partial charge on any atom is 0.251 e. The fourth-order valence-corrected chi connectivity index (χ4v) is 5.65. The van der Waals surface area contributed by atoms with Crippen LogP contribution in [0.2, 0.25) is 5.02 Å². The predicted molar refractivity (Wildman–Crippen MR) is 114 cm³/mol. The predicted octanol–water partition coefficient (Wildman–Crippen LogP) is 3.79. The number of thioether (sulfide) groups is 1. The number of carbonyl (C=O) groups excluding carboxylic acids is 1. The van der Waals surface area contributed by atoms with Gasteiger partial charge in [0.25, 0.3) is 5.91 Å². The molecule has 8 heteroatoms. The molecule has 28 heavy (non-hydrogen) atoms. The summed E-state index contributed by atoms with van der Waals surface area (Å²) in [5.41, 5.74) is 1.53. The van der Waals surface area contributed by atoms with E-state index in [1.165, 1.54) is 16.4 Å². The highest BCUT2D eigenvalue weighted by atomic mass is 35.5. The monoisotopic (exact) mass is 438 g/mol. The highest BCUT2D eigenvalue weighted by Crippen LogP contribution is 2.22. The van der Waals surface area contributed by atoms with E-state index in [2.05, 4.69) is 5.32 Å². The lowest BCUT2D eigenvalue weighted by Gasteiger charge is -2.15. The van der Waals surface area contributed by atoms with Crippen molar-refractivity contribution >= 4 is 39.3 Å². The van der Waals surface area contributed by atoms with Crippen LogP contribution >= 0.6 is 23.4 Å². The second-order valence-corrected chi connectivity index (χ2v) is 9.99. The minimum absolute atomic E-state index is 0.205. The molecule has 1 aliphatic heterocycles. The molecule has 0 spiro atoms. The van der Waals surface area contributed by atoms with E-state index in [0.717, 1.165) is 34.9 Å².